The molecule has 4 N–H and O–H groups in total. The maximum absolute atomic E-state index is 11.7. The van der Waals surface area contributed by atoms with Crippen LogP contribution < -0.4 is 11.1 Å². The van der Waals surface area contributed by atoms with E-state index in [1.165, 1.54) is 6.08 Å². The van der Waals surface area contributed by atoms with Crippen molar-refractivity contribution in [2.75, 3.05) is 24.1 Å². The van der Waals surface area contributed by atoms with Crippen LogP contribution in [0.3, 0.4) is 0 Å². The molecule has 21 heavy (non-hydrogen) atoms. The summed E-state index contributed by atoms with van der Waals surface area (Å²) < 4.78 is 0.186. The maximum Gasteiger partial charge on any atom is 0.246 e. The average molecular weight is 352 g/mol. The molecular formula is C14H18BrN5O. The number of amides is 1. The lowest BCUT2D eigenvalue weighted by molar-refractivity contribution is -0.127. The molecule has 7 heteroatoms. The minimum absolute atomic E-state index is 0.0517. The van der Waals surface area contributed by atoms with Gasteiger partial charge < -0.3 is 16.0 Å². The van der Waals surface area contributed by atoms with Crippen molar-refractivity contribution in [2.45, 2.75) is 18.9 Å². The number of pyridine rings is 1. The van der Waals surface area contributed by atoms with Crippen LogP contribution in [-0.4, -0.2) is 39.5 Å². The Bertz CT molecular complexity index is 574. The van der Waals surface area contributed by atoms with Crippen molar-refractivity contribution in [2.24, 2.45) is 0 Å². The average Bonchev–Trinajstić information content (AvgIpc) is 2.46. The Hall–Kier alpha value is -1.89. The van der Waals surface area contributed by atoms with Gasteiger partial charge in [-0.15, -0.1) is 0 Å². The van der Waals surface area contributed by atoms with Crippen molar-refractivity contribution in [1.29, 1.82) is 5.41 Å². The van der Waals surface area contributed by atoms with E-state index < -0.39 is 0 Å². The van der Waals surface area contributed by atoms with E-state index in [1.54, 1.807) is 17.2 Å². The van der Waals surface area contributed by atoms with Gasteiger partial charge in [0.15, 0.2) is 0 Å². The molecule has 0 saturated carbocycles. The van der Waals surface area contributed by atoms with E-state index >= 15 is 0 Å². The zero-order valence-corrected chi connectivity index (χ0v) is 13.2. The first-order valence-corrected chi connectivity index (χ1v) is 7.49. The van der Waals surface area contributed by atoms with Gasteiger partial charge in [-0.25, -0.2) is 4.98 Å². The molecule has 1 aliphatic rings. The van der Waals surface area contributed by atoms with E-state index in [0.717, 1.165) is 25.1 Å². The zero-order chi connectivity index (χ0) is 15.4. The molecule has 2 heterocycles. The molecule has 2 rings (SSSR count). The number of anilines is 2. The standard InChI is InChI=1S/C14H18BrN5O/c1-2-11(21)20-7-3-4-9(8-20)19-10-5-6-18-14(17)12(10)13(15)16/h2,5-6,9,16H,1,3-4,7-8H2,(H3,17,18,19). The van der Waals surface area contributed by atoms with E-state index in [0.29, 0.717) is 17.9 Å². The molecule has 0 aromatic carbocycles. The Kier molecular flexibility index (Phi) is 4.95. The first-order valence-electron chi connectivity index (χ1n) is 6.69. The third kappa shape index (κ3) is 3.60. The van der Waals surface area contributed by atoms with Crippen LogP contribution in [-0.2, 0) is 4.79 Å². The van der Waals surface area contributed by atoms with Gasteiger partial charge in [0.05, 0.1) is 5.56 Å². The summed E-state index contributed by atoms with van der Waals surface area (Å²) in [5, 5.41) is 11.1. The van der Waals surface area contributed by atoms with Gasteiger partial charge in [-0.3, -0.25) is 10.2 Å². The number of nitrogens with one attached hydrogen (secondary N) is 2. The van der Waals surface area contributed by atoms with Crippen LogP contribution in [0.1, 0.15) is 18.4 Å². The Morgan fingerprint density at radius 1 is 1.67 bits per heavy atom. The highest BCUT2D eigenvalue weighted by Crippen LogP contribution is 2.25. The van der Waals surface area contributed by atoms with E-state index in [1.807, 2.05) is 0 Å². The van der Waals surface area contributed by atoms with Crippen LogP contribution in [0.5, 0.6) is 0 Å². The number of halogens is 1. The Labute approximate surface area is 132 Å². The Morgan fingerprint density at radius 2 is 2.43 bits per heavy atom. The number of nitrogens with two attached hydrogens (primary N) is 1. The van der Waals surface area contributed by atoms with Crippen LogP contribution in [0.15, 0.2) is 24.9 Å². The fourth-order valence-electron chi connectivity index (χ4n) is 2.47. The van der Waals surface area contributed by atoms with Crippen LogP contribution in [0.2, 0.25) is 0 Å². The third-order valence-electron chi connectivity index (χ3n) is 3.47. The lowest BCUT2D eigenvalue weighted by Crippen LogP contribution is -2.44. The number of hydrogen-bond acceptors (Lipinski definition) is 5. The molecule has 0 radical (unpaired) electrons. The predicted octanol–water partition coefficient (Wildman–Crippen LogP) is 1.97. The van der Waals surface area contributed by atoms with Crippen molar-refractivity contribution in [3.05, 3.63) is 30.5 Å². The van der Waals surface area contributed by atoms with Gasteiger partial charge >= 0.3 is 0 Å². The van der Waals surface area contributed by atoms with Crippen LogP contribution in [0, 0.1) is 5.41 Å². The van der Waals surface area contributed by atoms with Crippen LogP contribution in [0.25, 0.3) is 0 Å². The number of nitrogen functional groups attached to an aromatic ring is 1. The number of nitrogens with zero attached hydrogens (tertiary/aromatic N) is 2. The number of carbonyl (C=O) groups excluding carboxylic acids is 1. The molecule has 1 aromatic heterocycles. The Balaban J connectivity index is 2.15. The normalized spacial score (nSPS) is 18.1. The second-order valence-corrected chi connectivity index (χ2v) is 5.70. The van der Waals surface area contributed by atoms with Crippen molar-refractivity contribution >= 4 is 38.0 Å². The van der Waals surface area contributed by atoms with E-state index in [2.05, 4.69) is 32.8 Å². The summed E-state index contributed by atoms with van der Waals surface area (Å²) >= 11 is 3.14. The highest BCUT2D eigenvalue weighted by atomic mass is 79.9. The quantitative estimate of drug-likeness (QED) is 0.570. The number of rotatable bonds is 4. The monoisotopic (exact) mass is 351 g/mol. The predicted molar refractivity (Wildman–Crippen MR) is 87.8 cm³/mol. The molecule has 1 unspecified atom stereocenters. The van der Waals surface area contributed by atoms with Crippen molar-refractivity contribution in [1.82, 2.24) is 9.88 Å². The molecular weight excluding hydrogens is 334 g/mol. The highest BCUT2D eigenvalue weighted by molar-refractivity contribution is 9.18. The van der Waals surface area contributed by atoms with Crippen LogP contribution >= 0.6 is 15.9 Å². The van der Waals surface area contributed by atoms with E-state index in [9.17, 15) is 4.79 Å². The number of hydrogen-bond donors (Lipinski definition) is 3. The Morgan fingerprint density at radius 3 is 3.10 bits per heavy atom. The minimum atomic E-state index is -0.0517. The van der Waals surface area contributed by atoms with E-state index in [4.69, 9.17) is 11.1 Å². The second-order valence-electron chi connectivity index (χ2n) is 4.90. The SMILES string of the molecule is C=CC(=O)N1CCCC(Nc2ccnc(N)c2C(=N)Br)C1. The van der Waals surface area contributed by atoms with Gasteiger partial charge in [-0.1, -0.05) is 6.58 Å². The highest BCUT2D eigenvalue weighted by Gasteiger charge is 2.23. The molecule has 0 bridgehead atoms. The first kappa shape index (κ1) is 15.5. The van der Waals surface area contributed by atoms with Gasteiger partial charge in [-0.05, 0) is 40.9 Å². The van der Waals surface area contributed by atoms with Crippen molar-refractivity contribution in [3.63, 3.8) is 0 Å². The van der Waals surface area contributed by atoms with Gasteiger partial charge in [0, 0.05) is 31.0 Å². The lowest BCUT2D eigenvalue weighted by atomic mass is 10.0. The number of likely N-dealkylation sites (tertiary alicyclic amines) is 1. The molecule has 1 saturated heterocycles. The summed E-state index contributed by atoms with van der Waals surface area (Å²) in [5.41, 5.74) is 7.12. The molecule has 1 amide bonds. The summed E-state index contributed by atoms with van der Waals surface area (Å²) in [6.45, 7) is 4.89. The molecule has 112 valence electrons. The van der Waals surface area contributed by atoms with E-state index in [-0.39, 0.29) is 16.6 Å². The summed E-state index contributed by atoms with van der Waals surface area (Å²) in [5.74, 6) is 0.251. The fraction of sp³-hybridized carbons (Fsp3) is 0.357. The molecule has 0 spiro atoms. The van der Waals surface area contributed by atoms with Gasteiger partial charge in [0.2, 0.25) is 5.91 Å². The largest absolute Gasteiger partial charge is 0.383 e. The van der Waals surface area contributed by atoms with Crippen LogP contribution in [0.4, 0.5) is 11.5 Å². The smallest absolute Gasteiger partial charge is 0.246 e. The topological polar surface area (TPSA) is 95.1 Å². The molecule has 1 fully saturated rings. The molecule has 1 atom stereocenters. The molecule has 1 aliphatic heterocycles. The minimum Gasteiger partial charge on any atom is -0.383 e. The third-order valence-corrected chi connectivity index (χ3v) is 3.86. The summed E-state index contributed by atoms with van der Waals surface area (Å²) in [6.07, 6.45) is 4.83. The number of piperidine rings is 1. The summed E-state index contributed by atoms with van der Waals surface area (Å²) in [7, 11) is 0. The van der Waals surface area contributed by atoms with Gasteiger partial charge in [-0.2, -0.15) is 0 Å². The second kappa shape index (κ2) is 6.71. The fourth-order valence-corrected chi connectivity index (χ4v) is 2.89. The number of aromatic nitrogens is 1. The van der Waals surface area contributed by atoms with Gasteiger partial charge in [0.25, 0.3) is 0 Å². The summed E-state index contributed by atoms with van der Waals surface area (Å²) in [6, 6.07) is 1.91. The van der Waals surface area contributed by atoms with Crippen molar-refractivity contribution < 1.29 is 4.79 Å². The maximum atomic E-state index is 11.7. The molecule has 6 nitrogen and oxygen atoms in total. The zero-order valence-electron chi connectivity index (χ0n) is 11.6. The lowest BCUT2D eigenvalue weighted by Gasteiger charge is -2.33. The summed E-state index contributed by atoms with van der Waals surface area (Å²) in [4.78, 5) is 17.5. The molecule has 0 aliphatic carbocycles. The first-order chi connectivity index (χ1) is 10.0. The van der Waals surface area contributed by atoms with Gasteiger partial charge in [0.1, 0.15) is 10.4 Å². The molecule has 1 aromatic rings. The van der Waals surface area contributed by atoms with Crippen molar-refractivity contribution in [3.8, 4) is 0 Å². The number of carbonyl (C=O) groups is 1.